The Hall–Kier alpha value is -3.88. The minimum absolute atomic E-state index is 0.156. The number of methoxy groups -OCH3 is 2. The van der Waals surface area contributed by atoms with Gasteiger partial charge in [0, 0.05) is 90.7 Å². The third-order valence-electron chi connectivity index (χ3n) is 9.08. The summed E-state index contributed by atoms with van der Waals surface area (Å²) in [6, 6.07) is 21.5. The quantitative estimate of drug-likeness (QED) is 0.202. The van der Waals surface area contributed by atoms with Crippen LogP contribution < -0.4 is 20.1 Å². The Morgan fingerprint density at radius 3 is 2.49 bits per heavy atom. The smallest absolute Gasteiger partial charge is 0.134 e. The summed E-state index contributed by atoms with van der Waals surface area (Å²) in [4.78, 5) is 9.83. The summed E-state index contributed by atoms with van der Waals surface area (Å²) in [7, 11) is 3.29. The van der Waals surface area contributed by atoms with Crippen molar-refractivity contribution in [3.63, 3.8) is 0 Å². The first-order chi connectivity index (χ1) is 20.9. The van der Waals surface area contributed by atoms with Crippen LogP contribution in [0.25, 0.3) is 10.8 Å². The molecule has 3 heterocycles. The molecule has 2 N–H and O–H groups in total. The SMILES string of the molecule is COc1ccc(CNc2nccc3c(NCc4ccc(CCN5CC6CC5CN6C(C)C)cc4F)cccc23)c(OC)c1. The number of hydrogen-bond acceptors (Lipinski definition) is 7. The lowest BCUT2D eigenvalue weighted by atomic mass is 10.1. The van der Waals surface area contributed by atoms with Crippen LogP contribution in [0, 0.1) is 5.82 Å². The number of nitrogens with zero attached hydrogens (tertiary/aromatic N) is 3. The number of likely N-dealkylation sites (tertiary alicyclic amines) is 2. The second-order valence-electron chi connectivity index (χ2n) is 11.9. The van der Waals surface area contributed by atoms with Crippen LogP contribution in [-0.4, -0.2) is 66.8 Å². The lowest BCUT2D eigenvalue weighted by Crippen LogP contribution is -2.49. The van der Waals surface area contributed by atoms with Crippen LogP contribution in [0.15, 0.2) is 66.9 Å². The standard InChI is InChI=1S/C35H42FN5O2/c1-23(2)41-22-27-17-28(41)21-40(27)15-13-24-8-9-25(32(36)16-24)19-38-33-7-5-6-31-30(33)12-14-37-35(31)39-20-26-10-11-29(42-3)18-34(26)43-4/h5-12,14,16,18,23,27-28,38H,13,15,17,19-22H2,1-4H3,(H,37,39). The first kappa shape index (κ1) is 29.2. The van der Waals surface area contributed by atoms with E-state index in [1.807, 2.05) is 48.5 Å². The van der Waals surface area contributed by atoms with E-state index in [0.717, 1.165) is 64.4 Å². The topological polar surface area (TPSA) is 61.9 Å². The summed E-state index contributed by atoms with van der Waals surface area (Å²) >= 11 is 0. The van der Waals surface area contributed by atoms with Gasteiger partial charge in [-0.15, -0.1) is 0 Å². The minimum Gasteiger partial charge on any atom is -0.497 e. The predicted octanol–water partition coefficient (Wildman–Crippen LogP) is 6.32. The normalized spacial score (nSPS) is 18.5. The fourth-order valence-electron chi connectivity index (χ4n) is 6.72. The summed E-state index contributed by atoms with van der Waals surface area (Å²) < 4.78 is 26.1. The van der Waals surface area contributed by atoms with Crippen molar-refractivity contribution in [3.05, 3.63) is 89.4 Å². The second-order valence-corrected chi connectivity index (χ2v) is 11.9. The van der Waals surface area contributed by atoms with Crippen LogP contribution in [0.2, 0.25) is 0 Å². The average Bonchev–Trinajstić information content (AvgIpc) is 3.63. The highest BCUT2D eigenvalue weighted by molar-refractivity contribution is 5.99. The average molecular weight is 584 g/mol. The fraction of sp³-hybridized carbons (Fsp3) is 0.400. The number of rotatable bonds is 12. The molecule has 8 heteroatoms. The molecule has 6 rings (SSSR count). The van der Waals surface area contributed by atoms with Gasteiger partial charge < -0.3 is 20.1 Å². The number of nitrogens with one attached hydrogen (secondary N) is 2. The van der Waals surface area contributed by atoms with Crippen molar-refractivity contribution in [1.82, 2.24) is 14.8 Å². The number of benzene rings is 3. The van der Waals surface area contributed by atoms with E-state index < -0.39 is 0 Å². The molecule has 2 aliphatic rings. The molecule has 226 valence electrons. The van der Waals surface area contributed by atoms with Crippen LogP contribution >= 0.6 is 0 Å². The van der Waals surface area contributed by atoms with Gasteiger partial charge in [0.25, 0.3) is 0 Å². The van der Waals surface area contributed by atoms with E-state index in [0.29, 0.717) is 36.8 Å². The molecular weight excluding hydrogens is 541 g/mol. The van der Waals surface area contributed by atoms with Gasteiger partial charge in [-0.3, -0.25) is 9.80 Å². The molecule has 0 saturated carbocycles. The van der Waals surface area contributed by atoms with Gasteiger partial charge in [-0.05, 0) is 62.6 Å². The van der Waals surface area contributed by atoms with Crippen molar-refractivity contribution in [2.75, 3.05) is 44.5 Å². The number of ether oxygens (including phenoxy) is 2. The molecule has 2 bridgehead atoms. The summed E-state index contributed by atoms with van der Waals surface area (Å²) in [5.74, 6) is 2.12. The Labute approximate surface area is 254 Å². The van der Waals surface area contributed by atoms with Gasteiger partial charge in [-0.1, -0.05) is 24.3 Å². The van der Waals surface area contributed by atoms with E-state index in [9.17, 15) is 0 Å². The predicted molar refractivity (Wildman–Crippen MR) is 172 cm³/mol. The van der Waals surface area contributed by atoms with Crippen LogP contribution in [0.1, 0.15) is 37.0 Å². The summed E-state index contributed by atoms with van der Waals surface area (Å²) in [5, 5.41) is 8.93. The monoisotopic (exact) mass is 583 g/mol. The molecule has 1 aromatic heterocycles. The van der Waals surface area contributed by atoms with Gasteiger partial charge in [-0.2, -0.15) is 0 Å². The highest BCUT2D eigenvalue weighted by Crippen LogP contribution is 2.33. The number of aromatic nitrogens is 1. The number of anilines is 2. The lowest BCUT2D eigenvalue weighted by molar-refractivity contribution is 0.105. The van der Waals surface area contributed by atoms with Crippen LogP contribution in [-0.2, 0) is 19.5 Å². The molecule has 0 radical (unpaired) electrons. The van der Waals surface area contributed by atoms with Gasteiger partial charge in [0.1, 0.15) is 23.1 Å². The molecule has 0 amide bonds. The Bertz CT molecular complexity index is 1580. The fourth-order valence-corrected chi connectivity index (χ4v) is 6.72. The summed E-state index contributed by atoms with van der Waals surface area (Å²) in [6.45, 7) is 8.83. The maximum Gasteiger partial charge on any atom is 0.134 e. The van der Waals surface area contributed by atoms with Crippen molar-refractivity contribution >= 4 is 22.3 Å². The molecule has 0 spiro atoms. The van der Waals surface area contributed by atoms with E-state index in [2.05, 4.69) is 45.3 Å². The summed E-state index contributed by atoms with van der Waals surface area (Å²) in [5.41, 5.74) is 3.66. The van der Waals surface area contributed by atoms with E-state index in [-0.39, 0.29) is 5.82 Å². The number of halogens is 1. The van der Waals surface area contributed by atoms with Gasteiger partial charge in [0.2, 0.25) is 0 Å². The molecular formula is C35H42FN5O2. The molecule has 4 aromatic rings. The molecule has 7 nitrogen and oxygen atoms in total. The van der Waals surface area contributed by atoms with Gasteiger partial charge in [0.05, 0.1) is 14.2 Å². The number of pyridine rings is 1. The molecule has 43 heavy (non-hydrogen) atoms. The van der Waals surface area contributed by atoms with Crippen molar-refractivity contribution < 1.29 is 13.9 Å². The van der Waals surface area contributed by atoms with Crippen molar-refractivity contribution in [3.8, 4) is 11.5 Å². The van der Waals surface area contributed by atoms with Crippen molar-refractivity contribution in [1.29, 1.82) is 0 Å². The molecule has 2 atom stereocenters. The molecule has 2 aliphatic heterocycles. The third kappa shape index (κ3) is 6.26. The largest absolute Gasteiger partial charge is 0.497 e. The zero-order valence-electron chi connectivity index (χ0n) is 25.6. The number of fused-ring (bicyclic) bond motifs is 3. The van der Waals surface area contributed by atoms with E-state index in [4.69, 9.17) is 9.47 Å². The number of piperazine rings is 1. The molecule has 3 aromatic carbocycles. The molecule has 2 unspecified atom stereocenters. The Morgan fingerprint density at radius 1 is 0.907 bits per heavy atom. The van der Waals surface area contributed by atoms with E-state index in [1.54, 1.807) is 26.5 Å². The van der Waals surface area contributed by atoms with Gasteiger partial charge >= 0.3 is 0 Å². The maximum absolute atomic E-state index is 15.2. The Balaban J connectivity index is 1.08. The zero-order chi connectivity index (χ0) is 29.9. The van der Waals surface area contributed by atoms with E-state index >= 15 is 4.39 Å². The molecule has 2 fully saturated rings. The second kappa shape index (κ2) is 12.8. The van der Waals surface area contributed by atoms with Crippen molar-refractivity contribution in [2.45, 2.75) is 57.9 Å². The first-order valence-corrected chi connectivity index (χ1v) is 15.3. The molecule has 0 aliphatic carbocycles. The third-order valence-corrected chi connectivity index (χ3v) is 9.08. The van der Waals surface area contributed by atoms with Crippen LogP contribution in [0.5, 0.6) is 11.5 Å². The molecule has 2 saturated heterocycles. The highest BCUT2D eigenvalue weighted by atomic mass is 19.1. The summed E-state index contributed by atoms with van der Waals surface area (Å²) in [6.07, 6.45) is 3.95. The van der Waals surface area contributed by atoms with Crippen LogP contribution in [0.4, 0.5) is 15.9 Å². The van der Waals surface area contributed by atoms with Crippen LogP contribution in [0.3, 0.4) is 0 Å². The van der Waals surface area contributed by atoms with E-state index in [1.165, 1.54) is 13.0 Å². The highest BCUT2D eigenvalue weighted by Gasteiger charge is 2.43. The zero-order valence-corrected chi connectivity index (χ0v) is 25.6. The van der Waals surface area contributed by atoms with Gasteiger partial charge in [-0.25, -0.2) is 9.37 Å². The lowest BCUT2D eigenvalue weighted by Gasteiger charge is -2.36. The maximum atomic E-state index is 15.2. The Kier molecular flexibility index (Phi) is 8.68. The minimum atomic E-state index is -0.156. The van der Waals surface area contributed by atoms with Crippen molar-refractivity contribution in [2.24, 2.45) is 0 Å². The Morgan fingerprint density at radius 2 is 1.74 bits per heavy atom. The van der Waals surface area contributed by atoms with Gasteiger partial charge in [0.15, 0.2) is 0 Å². The first-order valence-electron chi connectivity index (χ1n) is 15.3. The number of hydrogen-bond donors (Lipinski definition) is 2.